The van der Waals surface area contributed by atoms with E-state index in [0.29, 0.717) is 38.5 Å². The Balaban J connectivity index is 1.65. The van der Waals surface area contributed by atoms with E-state index in [1.165, 1.54) is 4.90 Å². The SMILES string of the molecule is O=C(C[C@]1(O)C(=O)N(CCc2ccccc2)c2ccc(Cl)cc21)c1ccc(Cl)s1. The molecule has 4 rings (SSSR count). The van der Waals surface area contributed by atoms with Crippen molar-refractivity contribution in [2.24, 2.45) is 0 Å². The second-order valence-corrected chi connectivity index (χ2v) is 9.07. The summed E-state index contributed by atoms with van der Waals surface area (Å²) in [4.78, 5) is 27.9. The fraction of sp³-hybridized carbons (Fsp3) is 0.182. The Morgan fingerprint density at radius 2 is 1.83 bits per heavy atom. The second-order valence-electron chi connectivity index (χ2n) is 6.92. The van der Waals surface area contributed by atoms with Gasteiger partial charge < -0.3 is 10.0 Å². The van der Waals surface area contributed by atoms with Gasteiger partial charge in [-0.1, -0.05) is 53.5 Å². The van der Waals surface area contributed by atoms with Gasteiger partial charge >= 0.3 is 0 Å². The Hall–Kier alpha value is -2.18. The summed E-state index contributed by atoms with van der Waals surface area (Å²) in [5.74, 6) is -0.852. The number of hydrogen-bond acceptors (Lipinski definition) is 4. The van der Waals surface area contributed by atoms with Crippen molar-refractivity contribution in [1.29, 1.82) is 0 Å². The highest BCUT2D eigenvalue weighted by molar-refractivity contribution is 7.18. The smallest absolute Gasteiger partial charge is 0.264 e. The summed E-state index contributed by atoms with van der Waals surface area (Å²) in [6.07, 6.45) is 0.261. The van der Waals surface area contributed by atoms with Crippen LogP contribution in [0.25, 0.3) is 0 Å². The van der Waals surface area contributed by atoms with Crippen LogP contribution in [0.5, 0.6) is 0 Å². The van der Waals surface area contributed by atoms with Gasteiger partial charge in [0.15, 0.2) is 11.4 Å². The zero-order chi connectivity index (χ0) is 20.6. The number of hydrogen-bond donors (Lipinski definition) is 1. The zero-order valence-electron chi connectivity index (χ0n) is 15.3. The molecule has 0 bridgehead atoms. The first-order chi connectivity index (χ1) is 13.9. The summed E-state index contributed by atoms with van der Waals surface area (Å²) in [6, 6.07) is 18.0. The molecule has 1 aliphatic rings. The number of amides is 1. The number of thiophene rings is 1. The Morgan fingerprint density at radius 3 is 2.52 bits per heavy atom. The van der Waals surface area contributed by atoms with Crippen molar-refractivity contribution in [1.82, 2.24) is 0 Å². The van der Waals surface area contributed by atoms with E-state index < -0.39 is 11.5 Å². The van der Waals surface area contributed by atoms with Crippen LogP contribution >= 0.6 is 34.5 Å². The largest absolute Gasteiger partial charge is 0.375 e. The average Bonchev–Trinajstić information content (AvgIpc) is 3.23. The maximum atomic E-state index is 13.2. The van der Waals surface area contributed by atoms with Crippen molar-refractivity contribution in [3.63, 3.8) is 0 Å². The van der Waals surface area contributed by atoms with Gasteiger partial charge in [0.25, 0.3) is 5.91 Å². The molecule has 0 saturated heterocycles. The van der Waals surface area contributed by atoms with Crippen LogP contribution < -0.4 is 4.90 Å². The molecule has 0 radical (unpaired) electrons. The predicted molar refractivity (Wildman–Crippen MR) is 116 cm³/mol. The third-order valence-electron chi connectivity index (χ3n) is 5.03. The normalized spacial score (nSPS) is 18.2. The van der Waals surface area contributed by atoms with Crippen molar-refractivity contribution in [2.45, 2.75) is 18.4 Å². The van der Waals surface area contributed by atoms with Crippen LogP contribution in [-0.4, -0.2) is 23.3 Å². The Morgan fingerprint density at radius 1 is 1.07 bits per heavy atom. The molecule has 0 aliphatic carbocycles. The molecule has 0 saturated carbocycles. The van der Waals surface area contributed by atoms with Crippen molar-refractivity contribution < 1.29 is 14.7 Å². The molecule has 4 nitrogen and oxygen atoms in total. The van der Waals surface area contributed by atoms with E-state index in [1.54, 1.807) is 30.3 Å². The van der Waals surface area contributed by atoms with Gasteiger partial charge in [-0.3, -0.25) is 9.59 Å². The standard InChI is InChI=1S/C22H17Cl2NO3S/c23-15-6-7-17-16(12-15)22(28,13-18(26)19-8-9-20(24)29-19)21(27)25(17)11-10-14-4-2-1-3-5-14/h1-9,12,28H,10-11,13H2/t22-/m1/s1. The summed E-state index contributed by atoms with van der Waals surface area (Å²) >= 11 is 13.2. The number of ketones is 1. The van der Waals surface area contributed by atoms with E-state index in [1.807, 2.05) is 30.3 Å². The van der Waals surface area contributed by atoms with Crippen molar-refractivity contribution in [3.05, 3.63) is 86.0 Å². The number of carbonyl (C=O) groups is 2. The number of nitrogens with zero attached hydrogens (tertiary/aromatic N) is 1. The predicted octanol–water partition coefficient (Wildman–Crippen LogP) is 5.10. The van der Waals surface area contributed by atoms with Crippen LogP contribution in [0.15, 0.2) is 60.7 Å². The van der Waals surface area contributed by atoms with Crippen molar-refractivity contribution >= 4 is 51.9 Å². The fourth-order valence-electron chi connectivity index (χ4n) is 3.58. The molecular formula is C22H17Cl2NO3S. The lowest BCUT2D eigenvalue weighted by molar-refractivity contribution is -0.135. The molecular weight excluding hydrogens is 429 g/mol. The first-order valence-corrected chi connectivity index (χ1v) is 10.6. The molecule has 1 N–H and O–H groups in total. The van der Waals surface area contributed by atoms with E-state index >= 15 is 0 Å². The van der Waals surface area contributed by atoms with Gasteiger partial charge in [-0.2, -0.15) is 0 Å². The van der Waals surface area contributed by atoms with Crippen molar-refractivity contribution in [2.75, 3.05) is 11.4 Å². The van der Waals surface area contributed by atoms with Crippen LogP contribution in [0.3, 0.4) is 0 Å². The number of anilines is 1. The van der Waals surface area contributed by atoms with E-state index in [4.69, 9.17) is 23.2 Å². The summed E-state index contributed by atoms with van der Waals surface area (Å²) in [7, 11) is 0. The van der Waals surface area contributed by atoms with Crippen molar-refractivity contribution in [3.8, 4) is 0 Å². The van der Waals surface area contributed by atoms with Crippen LogP contribution in [0.4, 0.5) is 5.69 Å². The number of carbonyl (C=O) groups excluding carboxylic acids is 2. The number of benzene rings is 2. The maximum absolute atomic E-state index is 13.2. The highest BCUT2D eigenvalue weighted by Crippen LogP contribution is 2.44. The number of Topliss-reactive ketones (excluding diaryl/α,β-unsaturated/α-hetero) is 1. The summed E-state index contributed by atoms with van der Waals surface area (Å²) in [5.41, 5.74) is 0.0641. The number of aliphatic hydroxyl groups is 1. The Bertz CT molecular complexity index is 1080. The molecule has 3 aromatic rings. The summed E-state index contributed by atoms with van der Waals surface area (Å²) in [6.45, 7) is 0.388. The highest BCUT2D eigenvalue weighted by atomic mass is 35.5. The van der Waals surface area contributed by atoms with Gasteiger partial charge in [-0.15, -0.1) is 11.3 Å². The number of fused-ring (bicyclic) bond motifs is 1. The van der Waals surface area contributed by atoms with E-state index in [9.17, 15) is 14.7 Å². The monoisotopic (exact) mass is 445 g/mol. The molecule has 0 unspecified atom stereocenters. The van der Waals surface area contributed by atoms with E-state index in [-0.39, 0.29) is 12.2 Å². The number of rotatable bonds is 6. The number of halogens is 2. The van der Waals surface area contributed by atoms with E-state index in [2.05, 4.69) is 0 Å². The minimum Gasteiger partial charge on any atom is -0.375 e. The van der Waals surface area contributed by atoms with Gasteiger partial charge in [0, 0.05) is 17.1 Å². The Kier molecular flexibility index (Phi) is 5.49. The highest BCUT2D eigenvalue weighted by Gasteiger charge is 2.51. The average molecular weight is 446 g/mol. The molecule has 1 aromatic heterocycles. The molecule has 148 valence electrons. The third-order valence-corrected chi connectivity index (χ3v) is 6.53. The lowest BCUT2D eigenvalue weighted by Crippen LogP contribution is -2.42. The van der Waals surface area contributed by atoms with Crippen LogP contribution in [0.2, 0.25) is 9.36 Å². The lowest BCUT2D eigenvalue weighted by atomic mass is 9.89. The fourth-order valence-corrected chi connectivity index (χ4v) is 4.74. The third kappa shape index (κ3) is 3.83. The molecule has 0 spiro atoms. The molecule has 7 heteroatoms. The first-order valence-electron chi connectivity index (χ1n) is 9.05. The molecule has 2 aromatic carbocycles. The van der Waals surface area contributed by atoms with E-state index in [0.717, 1.165) is 16.9 Å². The minimum absolute atomic E-state index is 0.339. The zero-order valence-corrected chi connectivity index (χ0v) is 17.6. The topological polar surface area (TPSA) is 57.6 Å². The van der Waals surface area contributed by atoms with Gasteiger partial charge in [-0.25, -0.2) is 0 Å². The van der Waals surface area contributed by atoms with Gasteiger partial charge in [0.05, 0.1) is 21.3 Å². The quantitative estimate of drug-likeness (QED) is 0.536. The maximum Gasteiger partial charge on any atom is 0.264 e. The van der Waals surface area contributed by atoms with Gasteiger partial charge in [-0.05, 0) is 42.3 Å². The van der Waals surface area contributed by atoms with Gasteiger partial charge in [0.2, 0.25) is 0 Å². The van der Waals surface area contributed by atoms with Crippen LogP contribution in [0, 0.1) is 0 Å². The molecule has 1 aliphatic heterocycles. The summed E-state index contributed by atoms with van der Waals surface area (Å²) in [5, 5.41) is 11.7. The molecule has 2 heterocycles. The molecule has 29 heavy (non-hydrogen) atoms. The lowest BCUT2D eigenvalue weighted by Gasteiger charge is -2.22. The Labute approximate surface area is 182 Å². The van der Waals surface area contributed by atoms with Crippen LogP contribution in [0.1, 0.15) is 27.2 Å². The van der Waals surface area contributed by atoms with Gasteiger partial charge in [0.1, 0.15) is 0 Å². The van der Waals surface area contributed by atoms with Crippen LogP contribution in [-0.2, 0) is 16.8 Å². The summed E-state index contributed by atoms with van der Waals surface area (Å²) < 4.78 is 0.478. The first kappa shape index (κ1) is 20.1. The minimum atomic E-state index is -1.95. The molecule has 1 amide bonds. The molecule has 1 atom stereocenters. The molecule has 0 fully saturated rings. The second kappa shape index (κ2) is 7.92.